The van der Waals surface area contributed by atoms with Crippen molar-refractivity contribution in [1.82, 2.24) is 15.2 Å². The number of nitrogens with one attached hydrogen (secondary N) is 1. The maximum atomic E-state index is 13.4. The number of carbonyl (C=O) groups is 1. The highest BCUT2D eigenvalue weighted by Crippen LogP contribution is 2.31. The highest BCUT2D eigenvalue weighted by molar-refractivity contribution is 5.94. The van der Waals surface area contributed by atoms with Crippen molar-refractivity contribution in [2.24, 2.45) is 0 Å². The van der Waals surface area contributed by atoms with Crippen LogP contribution in [0.3, 0.4) is 0 Å². The van der Waals surface area contributed by atoms with Gasteiger partial charge >= 0.3 is 0 Å². The number of halogens is 1. The number of amides is 1. The second kappa shape index (κ2) is 6.75. The second-order valence-electron chi connectivity index (χ2n) is 5.35. The summed E-state index contributed by atoms with van der Waals surface area (Å²) in [6.45, 7) is 1.85. The lowest BCUT2D eigenvalue weighted by Crippen LogP contribution is -2.48. The number of hydrogen-bond acceptors (Lipinski definition) is 4. The number of rotatable bonds is 3. The van der Waals surface area contributed by atoms with E-state index in [0.717, 1.165) is 17.5 Å². The molecular weight excluding hydrogens is 297 g/mol. The van der Waals surface area contributed by atoms with Gasteiger partial charge in [-0.25, -0.2) is 4.39 Å². The monoisotopic (exact) mass is 315 g/mol. The van der Waals surface area contributed by atoms with Crippen LogP contribution in [0.2, 0.25) is 0 Å². The highest BCUT2D eigenvalue weighted by Gasteiger charge is 2.30. The number of ether oxygens (including phenoxy) is 1. The van der Waals surface area contributed by atoms with E-state index >= 15 is 0 Å². The highest BCUT2D eigenvalue weighted by atomic mass is 19.1. The van der Waals surface area contributed by atoms with Crippen molar-refractivity contribution in [3.8, 4) is 5.75 Å². The Morgan fingerprint density at radius 3 is 3.00 bits per heavy atom. The smallest absolute Gasteiger partial charge is 0.256 e. The Balaban J connectivity index is 1.94. The summed E-state index contributed by atoms with van der Waals surface area (Å²) < 4.78 is 18.8. The maximum absolute atomic E-state index is 13.4. The summed E-state index contributed by atoms with van der Waals surface area (Å²) in [4.78, 5) is 18.3. The third kappa shape index (κ3) is 3.17. The average molecular weight is 315 g/mol. The first kappa shape index (κ1) is 15.4. The van der Waals surface area contributed by atoms with Crippen LogP contribution in [0.4, 0.5) is 4.39 Å². The van der Waals surface area contributed by atoms with Crippen molar-refractivity contribution in [3.05, 3.63) is 59.7 Å². The maximum Gasteiger partial charge on any atom is 0.256 e. The zero-order valence-corrected chi connectivity index (χ0v) is 12.8. The molecule has 120 valence electrons. The fourth-order valence-corrected chi connectivity index (χ4v) is 2.86. The van der Waals surface area contributed by atoms with E-state index in [1.807, 2.05) is 24.3 Å². The number of methoxy groups -OCH3 is 1. The number of aromatic nitrogens is 1. The SMILES string of the molecule is COc1ccccc1C1CNCCN1C(=O)c1cncc(F)c1. The Bertz CT molecular complexity index is 708. The van der Waals surface area contributed by atoms with Crippen molar-refractivity contribution in [1.29, 1.82) is 0 Å². The molecule has 1 aromatic carbocycles. The lowest BCUT2D eigenvalue weighted by Gasteiger charge is -2.37. The first-order valence-corrected chi connectivity index (χ1v) is 7.46. The van der Waals surface area contributed by atoms with Crippen molar-refractivity contribution in [3.63, 3.8) is 0 Å². The van der Waals surface area contributed by atoms with Crippen molar-refractivity contribution in [2.75, 3.05) is 26.7 Å². The van der Waals surface area contributed by atoms with Gasteiger partial charge in [0.25, 0.3) is 5.91 Å². The quantitative estimate of drug-likeness (QED) is 0.941. The Morgan fingerprint density at radius 2 is 2.22 bits per heavy atom. The van der Waals surface area contributed by atoms with Crippen LogP contribution in [0, 0.1) is 5.82 Å². The van der Waals surface area contributed by atoms with E-state index in [-0.39, 0.29) is 17.5 Å². The summed E-state index contributed by atoms with van der Waals surface area (Å²) in [5.74, 6) is -0.00870. The Morgan fingerprint density at radius 1 is 1.39 bits per heavy atom. The van der Waals surface area contributed by atoms with Gasteiger partial charge in [0.05, 0.1) is 24.9 Å². The van der Waals surface area contributed by atoms with Crippen molar-refractivity contribution < 1.29 is 13.9 Å². The molecule has 1 unspecified atom stereocenters. The van der Waals surface area contributed by atoms with Crippen LogP contribution in [0.1, 0.15) is 22.0 Å². The first-order valence-electron chi connectivity index (χ1n) is 7.46. The molecule has 1 aliphatic rings. The van der Waals surface area contributed by atoms with Gasteiger partial charge in [0.2, 0.25) is 0 Å². The van der Waals surface area contributed by atoms with E-state index in [0.29, 0.717) is 19.6 Å². The Kier molecular flexibility index (Phi) is 4.52. The summed E-state index contributed by atoms with van der Waals surface area (Å²) >= 11 is 0. The lowest BCUT2D eigenvalue weighted by atomic mass is 10.0. The van der Waals surface area contributed by atoms with Gasteiger partial charge in [-0.15, -0.1) is 0 Å². The van der Waals surface area contributed by atoms with E-state index in [4.69, 9.17) is 4.74 Å². The summed E-state index contributed by atoms with van der Waals surface area (Å²) in [5, 5.41) is 3.29. The molecule has 3 rings (SSSR count). The van der Waals surface area contributed by atoms with E-state index in [1.54, 1.807) is 12.0 Å². The molecule has 1 aromatic heterocycles. The van der Waals surface area contributed by atoms with Gasteiger partial charge < -0.3 is 15.0 Å². The molecule has 1 saturated heterocycles. The molecule has 1 aliphatic heterocycles. The number of piperazine rings is 1. The zero-order chi connectivity index (χ0) is 16.2. The normalized spacial score (nSPS) is 17.8. The fraction of sp³-hybridized carbons (Fsp3) is 0.294. The molecule has 0 saturated carbocycles. The largest absolute Gasteiger partial charge is 0.496 e. The molecule has 2 aromatic rings. The minimum atomic E-state index is -0.514. The zero-order valence-electron chi connectivity index (χ0n) is 12.8. The van der Waals surface area contributed by atoms with E-state index in [2.05, 4.69) is 10.3 Å². The van der Waals surface area contributed by atoms with Gasteiger partial charge in [-0.1, -0.05) is 18.2 Å². The van der Waals surface area contributed by atoms with Gasteiger partial charge in [-0.2, -0.15) is 0 Å². The molecule has 1 fully saturated rings. The van der Waals surface area contributed by atoms with E-state index < -0.39 is 5.82 Å². The predicted octanol–water partition coefficient (Wildman–Crippen LogP) is 2.02. The lowest BCUT2D eigenvalue weighted by molar-refractivity contribution is 0.0630. The van der Waals surface area contributed by atoms with Crippen LogP contribution in [-0.4, -0.2) is 42.5 Å². The fourth-order valence-electron chi connectivity index (χ4n) is 2.86. The van der Waals surface area contributed by atoms with Crippen molar-refractivity contribution >= 4 is 5.91 Å². The molecule has 2 heterocycles. The van der Waals surface area contributed by atoms with Crippen LogP contribution in [0.5, 0.6) is 5.75 Å². The molecule has 1 atom stereocenters. The average Bonchev–Trinajstić information content (AvgIpc) is 2.61. The number of hydrogen-bond donors (Lipinski definition) is 1. The van der Waals surface area contributed by atoms with Gasteiger partial charge in [0.1, 0.15) is 11.6 Å². The second-order valence-corrected chi connectivity index (χ2v) is 5.35. The summed E-state index contributed by atoms with van der Waals surface area (Å²) in [6.07, 6.45) is 2.49. The number of pyridine rings is 1. The Labute approximate surface area is 134 Å². The van der Waals surface area contributed by atoms with Crippen LogP contribution in [0.15, 0.2) is 42.7 Å². The molecule has 0 spiro atoms. The summed E-state index contributed by atoms with van der Waals surface area (Å²) in [6, 6.07) is 8.67. The number of para-hydroxylation sites is 1. The van der Waals surface area contributed by atoms with Crippen LogP contribution >= 0.6 is 0 Å². The van der Waals surface area contributed by atoms with Gasteiger partial charge in [-0.05, 0) is 12.1 Å². The molecule has 5 nitrogen and oxygen atoms in total. The van der Waals surface area contributed by atoms with Crippen molar-refractivity contribution in [2.45, 2.75) is 6.04 Å². The van der Waals surface area contributed by atoms with Crippen LogP contribution in [0.25, 0.3) is 0 Å². The molecule has 23 heavy (non-hydrogen) atoms. The van der Waals surface area contributed by atoms with E-state index in [1.165, 1.54) is 12.3 Å². The van der Waals surface area contributed by atoms with Gasteiger partial charge in [-0.3, -0.25) is 9.78 Å². The number of benzene rings is 1. The molecule has 0 aliphatic carbocycles. The third-order valence-electron chi connectivity index (χ3n) is 3.95. The number of nitrogens with zero attached hydrogens (tertiary/aromatic N) is 2. The number of carbonyl (C=O) groups excluding carboxylic acids is 1. The molecular formula is C17H18FN3O2. The summed E-state index contributed by atoms with van der Waals surface area (Å²) in [5.41, 5.74) is 1.19. The Hall–Kier alpha value is -2.47. The molecule has 6 heteroatoms. The van der Waals surface area contributed by atoms with Crippen LogP contribution < -0.4 is 10.1 Å². The standard InChI is InChI=1S/C17H18FN3O2/c1-23-16-5-3-2-4-14(16)15-11-19-6-7-21(15)17(22)12-8-13(18)10-20-9-12/h2-5,8-10,15,19H,6-7,11H2,1H3. The third-order valence-corrected chi connectivity index (χ3v) is 3.95. The van der Waals surface area contributed by atoms with Crippen LogP contribution in [-0.2, 0) is 0 Å². The predicted molar refractivity (Wildman–Crippen MR) is 83.8 cm³/mol. The first-order chi connectivity index (χ1) is 11.2. The van der Waals surface area contributed by atoms with Gasteiger partial charge in [0.15, 0.2) is 0 Å². The van der Waals surface area contributed by atoms with Gasteiger partial charge in [0, 0.05) is 31.4 Å². The van der Waals surface area contributed by atoms with E-state index in [9.17, 15) is 9.18 Å². The minimum absolute atomic E-state index is 0.171. The molecule has 1 N–H and O–H groups in total. The molecule has 0 bridgehead atoms. The topological polar surface area (TPSA) is 54.5 Å². The summed E-state index contributed by atoms with van der Waals surface area (Å²) in [7, 11) is 1.61. The molecule has 1 amide bonds. The minimum Gasteiger partial charge on any atom is -0.496 e. The molecule has 0 radical (unpaired) electrons.